The van der Waals surface area contributed by atoms with E-state index in [9.17, 15) is 0 Å². The summed E-state index contributed by atoms with van der Waals surface area (Å²) in [7, 11) is 1.79. The fourth-order valence-electron chi connectivity index (χ4n) is 3.44. The van der Waals surface area contributed by atoms with Crippen molar-refractivity contribution in [2.75, 3.05) is 26.8 Å². The average molecular weight is 459 g/mol. The van der Waals surface area contributed by atoms with Gasteiger partial charge in [0.05, 0.1) is 6.54 Å². The third-order valence-corrected chi connectivity index (χ3v) is 5.02. The fourth-order valence-corrected chi connectivity index (χ4v) is 3.44. The molecule has 0 heterocycles. The van der Waals surface area contributed by atoms with Crippen LogP contribution in [-0.2, 0) is 11.3 Å². The number of hydrogen-bond donors (Lipinski definition) is 2. The van der Waals surface area contributed by atoms with Crippen LogP contribution in [0.15, 0.2) is 29.3 Å². The zero-order valence-corrected chi connectivity index (χ0v) is 18.3. The minimum Gasteiger partial charge on any atom is -0.385 e. The molecule has 25 heavy (non-hydrogen) atoms. The number of rotatable bonds is 8. The molecule has 1 fully saturated rings. The first kappa shape index (κ1) is 22.2. The molecule has 0 saturated heterocycles. The molecule has 0 aromatic heterocycles. The zero-order chi connectivity index (χ0) is 17.3. The van der Waals surface area contributed by atoms with E-state index in [1.54, 1.807) is 7.11 Å². The number of guanidine groups is 1. The largest absolute Gasteiger partial charge is 0.385 e. The Kier molecular flexibility index (Phi) is 10.4. The van der Waals surface area contributed by atoms with E-state index in [2.05, 4.69) is 48.7 Å². The molecule has 0 unspecified atom stereocenters. The van der Waals surface area contributed by atoms with Gasteiger partial charge in [0.15, 0.2) is 5.96 Å². The molecule has 1 aliphatic rings. The summed E-state index contributed by atoms with van der Waals surface area (Å²) in [6, 6.07) is 8.59. The maximum atomic E-state index is 5.32. The van der Waals surface area contributed by atoms with Crippen LogP contribution in [0.2, 0.25) is 0 Å². The molecule has 142 valence electrons. The number of nitrogens with one attached hydrogen (secondary N) is 2. The molecule has 0 aliphatic heterocycles. The van der Waals surface area contributed by atoms with Crippen molar-refractivity contribution in [3.05, 3.63) is 35.4 Å². The molecule has 2 rings (SSSR count). The Morgan fingerprint density at radius 2 is 1.84 bits per heavy atom. The Morgan fingerprint density at radius 1 is 1.16 bits per heavy atom. The van der Waals surface area contributed by atoms with Gasteiger partial charge in [-0.25, -0.2) is 4.99 Å². The quantitative estimate of drug-likeness (QED) is 0.347. The molecular formula is C20H34IN3O. The molecule has 0 atom stereocenters. The van der Waals surface area contributed by atoms with Gasteiger partial charge in [0.25, 0.3) is 0 Å². The van der Waals surface area contributed by atoms with E-state index >= 15 is 0 Å². The molecule has 0 radical (unpaired) electrons. The van der Waals surface area contributed by atoms with E-state index in [-0.39, 0.29) is 24.0 Å². The smallest absolute Gasteiger partial charge is 0.191 e. The van der Waals surface area contributed by atoms with Crippen LogP contribution in [0.5, 0.6) is 0 Å². The lowest BCUT2D eigenvalue weighted by molar-refractivity contribution is 0.138. The first-order chi connectivity index (χ1) is 11.7. The number of methoxy groups -OCH3 is 1. The van der Waals surface area contributed by atoms with Gasteiger partial charge in [-0.3, -0.25) is 0 Å². The number of hydrogen-bond acceptors (Lipinski definition) is 2. The summed E-state index contributed by atoms with van der Waals surface area (Å²) in [6.45, 7) is 7.64. The van der Waals surface area contributed by atoms with Crippen LogP contribution in [0.1, 0.15) is 50.2 Å². The van der Waals surface area contributed by atoms with E-state index in [0.717, 1.165) is 32.1 Å². The molecule has 4 nitrogen and oxygen atoms in total. The summed E-state index contributed by atoms with van der Waals surface area (Å²) in [6.07, 6.45) is 6.39. The van der Waals surface area contributed by atoms with Gasteiger partial charge in [-0.2, -0.15) is 0 Å². The molecule has 1 saturated carbocycles. The van der Waals surface area contributed by atoms with Crippen molar-refractivity contribution in [1.82, 2.24) is 10.6 Å². The van der Waals surface area contributed by atoms with Gasteiger partial charge in [-0.1, -0.05) is 42.7 Å². The first-order valence-electron chi connectivity index (χ1n) is 9.24. The van der Waals surface area contributed by atoms with Crippen molar-refractivity contribution in [1.29, 1.82) is 0 Å². The molecule has 1 aliphatic carbocycles. The van der Waals surface area contributed by atoms with Crippen LogP contribution in [0.25, 0.3) is 0 Å². The molecule has 1 aromatic rings. The fraction of sp³-hybridized carbons (Fsp3) is 0.650. The average Bonchev–Trinajstić information content (AvgIpc) is 3.06. The maximum Gasteiger partial charge on any atom is 0.191 e. The second-order valence-corrected chi connectivity index (χ2v) is 6.98. The van der Waals surface area contributed by atoms with Crippen molar-refractivity contribution in [2.45, 2.75) is 52.5 Å². The third kappa shape index (κ3) is 7.52. The monoisotopic (exact) mass is 459 g/mol. The lowest BCUT2D eigenvalue weighted by Gasteiger charge is -2.30. The molecule has 0 spiro atoms. The van der Waals surface area contributed by atoms with Gasteiger partial charge < -0.3 is 15.4 Å². The first-order valence-corrected chi connectivity index (χ1v) is 9.24. The molecule has 0 bridgehead atoms. The lowest BCUT2D eigenvalue weighted by atomic mass is 9.83. The van der Waals surface area contributed by atoms with E-state index in [1.807, 2.05) is 0 Å². The Balaban J connectivity index is 0.00000312. The highest BCUT2D eigenvalue weighted by Crippen LogP contribution is 2.40. The predicted molar refractivity (Wildman–Crippen MR) is 117 cm³/mol. The van der Waals surface area contributed by atoms with Gasteiger partial charge in [0.2, 0.25) is 0 Å². The van der Waals surface area contributed by atoms with E-state index in [1.165, 1.54) is 36.8 Å². The highest BCUT2D eigenvalue weighted by molar-refractivity contribution is 14.0. The molecular weight excluding hydrogens is 425 g/mol. The maximum absolute atomic E-state index is 5.32. The summed E-state index contributed by atoms with van der Waals surface area (Å²) < 4.78 is 5.32. The van der Waals surface area contributed by atoms with Crippen LogP contribution >= 0.6 is 24.0 Å². The SMILES string of the molecule is CCNC(=NCc1ccc(C)cc1)NCC1(CCOC)CCCC1.I. The summed E-state index contributed by atoms with van der Waals surface area (Å²) in [5.74, 6) is 0.918. The van der Waals surface area contributed by atoms with Crippen molar-refractivity contribution < 1.29 is 4.74 Å². The van der Waals surface area contributed by atoms with Crippen molar-refractivity contribution in [3.63, 3.8) is 0 Å². The third-order valence-electron chi connectivity index (χ3n) is 5.02. The molecule has 5 heteroatoms. The van der Waals surface area contributed by atoms with E-state index < -0.39 is 0 Å². The Labute approximate surface area is 170 Å². The number of aliphatic imine (C=N–C) groups is 1. The standard InChI is InChI=1S/C20H33N3O.HI/c1-4-21-19(22-15-18-9-7-17(2)8-10-18)23-16-20(13-14-24-3)11-5-6-12-20;/h7-10H,4-6,11-16H2,1-3H3,(H2,21,22,23);1H. The van der Waals surface area contributed by atoms with Crippen molar-refractivity contribution in [2.24, 2.45) is 10.4 Å². The summed E-state index contributed by atoms with van der Waals surface area (Å²) in [5, 5.41) is 6.95. The van der Waals surface area contributed by atoms with E-state index in [0.29, 0.717) is 12.0 Å². The highest BCUT2D eigenvalue weighted by atomic mass is 127. The van der Waals surface area contributed by atoms with Crippen LogP contribution in [0.3, 0.4) is 0 Å². The number of halogens is 1. The van der Waals surface area contributed by atoms with Gasteiger partial charge in [0, 0.05) is 26.8 Å². The number of ether oxygens (including phenoxy) is 1. The van der Waals surface area contributed by atoms with E-state index in [4.69, 9.17) is 9.73 Å². The molecule has 2 N–H and O–H groups in total. The Morgan fingerprint density at radius 3 is 2.44 bits per heavy atom. The number of aryl methyl sites for hydroxylation is 1. The van der Waals surface area contributed by atoms with Gasteiger partial charge in [0.1, 0.15) is 0 Å². The number of benzene rings is 1. The molecule has 1 aromatic carbocycles. The predicted octanol–water partition coefficient (Wildman–Crippen LogP) is 4.27. The Bertz CT molecular complexity index is 510. The number of nitrogens with zero attached hydrogens (tertiary/aromatic N) is 1. The van der Waals surface area contributed by atoms with Gasteiger partial charge >= 0.3 is 0 Å². The van der Waals surface area contributed by atoms with Crippen LogP contribution in [0, 0.1) is 12.3 Å². The normalized spacial score (nSPS) is 16.4. The minimum absolute atomic E-state index is 0. The topological polar surface area (TPSA) is 45.7 Å². The van der Waals surface area contributed by atoms with Crippen LogP contribution < -0.4 is 10.6 Å². The summed E-state index contributed by atoms with van der Waals surface area (Å²) in [4.78, 5) is 4.75. The van der Waals surface area contributed by atoms with Crippen molar-refractivity contribution >= 4 is 29.9 Å². The van der Waals surface area contributed by atoms with Crippen LogP contribution in [-0.4, -0.2) is 32.8 Å². The zero-order valence-electron chi connectivity index (χ0n) is 15.9. The lowest BCUT2D eigenvalue weighted by Crippen LogP contribution is -2.43. The highest BCUT2D eigenvalue weighted by Gasteiger charge is 2.33. The van der Waals surface area contributed by atoms with Gasteiger partial charge in [-0.15, -0.1) is 24.0 Å². The minimum atomic E-state index is 0. The molecule has 0 amide bonds. The van der Waals surface area contributed by atoms with Crippen LogP contribution in [0.4, 0.5) is 0 Å². The Hall–Kier alpha value is -0.820. The summed E-state index contributed by atoms with van der Waals surface area (Å²) in [5.41, 5.74) is 2.90. The summed E-state index contributed by atoms with van der Waals surface area (Å²) >= 11 is 0. The second kappa shape index (κ2) is 11.7. The second-order valence-electron chi connectivity index (χ2n) is 6.98. The van der Waals surface area contributed by atoms with Gasteiger partial charge in [-0.05, 0) is 44.1 Å². The van der Waals surface area contributed by atoms with Crippen molar-refractivity contribution in [3.8, 4) is 0 Å².